The fourth-order valence-electron chi connectivity index (χ4n) is 3.34. The Morgan fingerprint density at radius 2 is 2.33 bits per heavy atom. The van der Waals surface area contributed by atoms with Gasteiger partial charge >= 0.3 is 5.97 Å². The van der Waals surface area contributed by atoms with E-state index in [2.05, 4.69) is 20.6 Å². The third-order valence-electron chi connectivity index (χ3n) is 4.77. The fraction of sp³-hybridized carbons (Fsp3) is 0.316. The maximum absolute atomic E-state index is 11.4. The Morgan fingerprint density at radius 3 is 3.11 bits per heavy atom. The van der Waals surface area contributed by atoms with Gasteiger partial charge in [0.2, 0.25) is 5.95 Å². The van der Waals surface area contributed by atoms with Gasteiger partial charge in [-0.25, -0.2) is 14.8 Å². The first-order valence-electron chi connectivity index (χ1n) is 8.85. The highest BCUT2D eigenvalue weighted by Gasteiger charge is 2.16. The lowest BCUT2D eigenvalue weighted by Gasteiger charge is -2.10. The van der Waals surface area contributed by atoms with Crippen molar-refractivity contribution in [1.29, 1.82) is 0 Å². The van der Waals surface area contributed by atoms with Crippen LogP contribution in [0.2, 0.25) is 5.02 Å². The van der Waals surface area contributed by atoms with Crippen LogP contribution in [0.4, 0.5) is 5.95 Å². The molecule has 0 aliphatic carbocycles. The number of nitrogens with one attached hydrogen (secondary N) is 2. The molecule has 3 heterocycles. The average Bonchev–Trinajstić information content (AvgIpc) is 3.31. The van der Waals surface area contributed by atoms with Gasteiger partial charge in [-0.05, 0) is 50.0 Å². The number of benzene rings is 1. The van der Waals surface area contributed by atoms with Crippen molar-refractivity contribution in [3.8, 4) is 10.6 Å². The first kappa shape index (κ1) is 18.2. The molecule has 2 aromatic heterocycles. The number of aromatic carboxylic acids is 1. The van der Waals surface area contributed by atoms with Gasteiger partial charge in [-0.1, -0.05) is 17.7 Å². The van der Waals surface area contributed by atoms with E-state index in [1.165, 1.54) is 17.8 Å². The van der Waals surface area contributed by atoms with E-state index in [4.69, 9.17) is 11.6 Å². The van der Waals surface area contributed by atoms with Gasteiger partial charge in [0.25, 0.3) is 0 Å². The van der Waals surface area contributed by atoms with E-state index < -0.39 is 5.97 Å². The number of halogens is 1. The summed E-state index contributed by atoms with van der Waals surface area (Å²) in [7, 11) is 0. The van der Waals surface area contributed by atoms with Crippen molar-refractivity contribution in [2.45, 2.75) is 12.8 Å². The number of rotatable bonds is 6. The molecule has 1 fully saturated rings. The SMILES string of the molecule is O=C(O)c1cccc2sc(-c3nc(NCCC4CCNC4)ncc3Cl)cc12. The quantitative estimate of drug-likeness (QED) is 0.574. The molecule has 0 spiro atoms. The van der Waals surface area contributed by atoms with Crippen LogP contribution in [-0.4, -0.2) is 40.7 Å². The Labute approximate surface area is 165 Å². The van der Waals surface area contributed by atoms with Crippen molar-refractivity contribution >= 4 is 44.9 Å². The lowest BCUT2D eigenvalue weighted by molar-refractivity contribution is 0.0699. The zero-order valence-corrected chi connectivity index (χ0v) is 16.1. The molecule has 8 heteroatoms. The maximum atomic E-state index is 11.4. The Kier molecular flexibility index (Phi) is 5.24. The highest BCUT2D eigenvalue weighted by Crippen LogP contribution is 2.37. The molecule has 6 nitrogen and oxygen atoms in total. The highest BCUT2D eigenvalue weighted by atomic mass is 35.5. The molecule has 1 atom stereocenters. The number of carbonyl (C=O) groups is 1. The standard InChI is InChI=1S/C19H19ClN4O2S/c20-14-10-23-19(22-7-5-11-4-6-21-9-11)24-17(14)16-8-13-12(18(25)26)2-1-3-15(13)27-16/h1-3,8,10-11,21H,4-7,9H2,(H,25,26)(H,22,23,24). The van der Waals surface area contributed by atoms with Gasteiger partial charge in [0.15, 0.2) is 0 Å². The van der Waals surface area contributed by atoms with E-state index >= 15 is 0 Å². The lowest BCUT2D eigenvalue weighted by Crippen LogP contribution is -2.13. The number of carboxylic acid groups (broad SMARTS) is 1. The minimum absolute atomic E-state index is 0.281. The van der Waals surface area contributed by atoms with Crippen molar-refractivity contribution in [2.24, 2.45) is 5.92 Å². The molecule has 3 N–H and O–H groups in total. The second-order valence-corrected chi connectivity index (χ2v) is 8.09. The molecule has 1 aliphatic rings. The Morgan fingerprint density at radius 1 is 1.44 bits per heavy atom. The van der Waals surface area contributed by atoms with Gasteiger partial charge in [0, 0.05) is 16.6 Å². The number of anilines is 1. The third-order valence-corrected chi connectivity index (χ3v) is 6.15. The van der Waals surface area contributed by atoms with Gasteiger partial charge in [-0.3, -0.25) is 0 Å². The van der Waals surface area contributed by atoms with Crippen LogP contribution in [0.15, 0.2) is 30.5 Å². The van der Waals surface area contributed by atoms with E-state index in [-0.39, 0.29) is 5.56 Å². The first-order chi connectivity index (χ1) is 13.1. The summed E-state index contributed by atoms with van der Waals surface area (Å²) in [5.41, 5.74) is 0.901. The predicted molar refractivity (Wildman–Crippen MR) is 109 cm³/mol. The summed E-state index contributed by atoms with van der Waals surface area (Å²) >= 11 is 7.80. The number of nitrogens with zero attached hydrogens (tertiary/aromatic N) is 2. The van der Waals surface area contributed by atoms with Crippen molar-refractivity contribution in [2.75, 3.05) is 25.0 Å². The van der Waals surface area contributed by atoms with E-state index in [1.807, 2.05) is 12.1 Å². The lowest BCUT2D eigenvalue weighted by atomic mass is 10.1. The second kappa shape index (κ2) is 7.80. The fourth-order valence-corrected chi connectivity index (χ4v) is 4.68. The molecule has 0 radical (unpaired) electrons. The molecular formula is C19H19ClN4O2S. The summed E-state index contributed by atoms with van der Waals surface area (Å²) in [6.45, 7) is 2.97. The molecule has 27 heavy (non-hydrogen) atoms. The Bertz CT molecular complexity index is 985. The van der Waals surface area contributed by atoms with Crippen LogP contribution in [-0.2, 0) is 0 Å². The van der Waals surface area contributed by atoms with Gasteiger partial charge < -0.3 is 15.7 Å². The summed E-state index contributed by atoms with van der Waals surface area (Å²) < 4.78 is 0.892. The topological polar surface area (TPSA) is 87.1 Å². The summed E-state index contributed by atoms with van der Waals surface area (Å²) in [6.07, 6.45) is 3.87. The summed E-state index contributed by atoms with van der Waals surface area (Å²) in [6, 6.07) is 7.09. The molecule has 140 valence electrons. The van der Waals surface area contributed by atoms with E-state index in [0.717, 1.165) is 35.6 Å². The number of fused-ring (bicyclic) bond motifs is 1. The number of hydrogen-bond acceptors (Lipinski definition) is 6. The van der Waals surface area contributed by atoms with Crippen LogP contribution >= 0.6 is 22.9 Å². The summed E-state index contributed by atoms with van der Waals surface area (Å²) in [4.78, 5) is 21.1. The van der Waals surface area contributed by atoms with Gasteiger partial charge in [-0.15, -0.1) is 11.3 Å². The van der Waals surface area contributed by atoms with Gasteiger partial charge in [0.05, 0.1) is 21.7 Å². The number of thiophene rings is 1. The molecular weight excluding hydrogens is 384 g/mol. The molecule has 0 saturated carbocycles. The monoisotopic (exact) mass is 402 g/mol. The van der Waals surface area contributed by atoms with Crippen LogP contribution in [0, 0.1) is 5.92 Å². The van der Waals surface area contributed by atoms with Crippen molar-refractivity contribution in [1.82, 2.24) is 15.3 Å². The number of carboxylic acids is 1. The van der Waals surface area contributed by atoms with Crippen LogP contribution in [0.3, 0.4) is 0 Å². The molecule has 1 unspecified atom stereocenters. The minimum Gasteiger partial charge on any atom is -0.478 e. The summed E-state index contributed by atoms with van der Waals surface area (Å²) in [5.74, 6) is 0.292. The largest absolute Gasteiger partial charge is 0.478 e. The van der Waals surface area contributed by atoms with Crippen molar-refractivity contribution in [3.05, 3.63) is 41.0 Å². The third kappa shape index (κ3) is 3.90. The molecule has 0 bridgehead atoms. The average molecular weight is 403 g/mol. The van der Waals surface area contributed by atoms with Crippen LogP contribution in [0.25, 0.3) is 20.7 Å². The zero-order chi connectivity index (χ0) is 18.8. The molecule has 0 amide bonds. The smallest absolute Gasteiger partial charge is 0.336 e. The zero-order valence-electron chi connectivity index (χ0n) is 14.5. The van der Waals surface area contributed by atoms with E-state index in [9.17, 15) is 9.90 Å². The van der Waals surface area contributed by atoms with Crippen molar-refractivity contribution < 1.29 is 9.90 Å². The van der Waals surface area contributed by atoms with E-state index in [0.29, 0.717) is 28.0 Å². The van der Waals surface area contributed by atoms with Crippen LogP contribution in [0.5, 0.6) is 0 Å². The molecule has 4 rings (SSSR count). The predicted octanol–water partition coefficient (Wildman–Crippen LogP) is 4.12. The van der Waals surface area contributed by atoms with Crippen molar-refractivity contribution in [3.63, 3.8) is 0 Å². The molecule has 1 saturated heterocycles. The summed E-state index contributed by atoms with van der Waals surface area (Å²) in [5, 5.41) is 17.2. The molecule has 1 aliphatic heterocycles. The van der Waals surface area contributed by atoms with E-state index in [1.54, 1.807) is 18.3 Å². The maximum Gasteiger partial charge on any atom is 0.336 e. The molecule has 3 aromatic rings. The Balaban J connectivity index is 1.58. The Hall–Kier alpha value is -2.22. The molecule has 1 aromatic carbocycles. The van der Waals surface area contributed by atoms with Crippen LogP contribution in [0.1, 0.15) is 23.2 Å². The van der Waals surface area contributed by atoms with Gasteiger partial charge in [-0.2, -0.15) is 0 Å². The number of aromatic nitrogens is 2. The van der Waals surface area contributed by atoms with Crippen LogP contribution < -0.4 is 10.6 Å². The normalized spacial score (nSPS) is 16.7. The minimum atomic E-state index is -0.942. The highest BCUT2D eigenvalue weighted by molar-refractivity contribution is 7.22. The number of hydrogen-bond donors (Lipinski definition) is 3. The van der Waals surface area contributed by atoms with Gasteiger partial charge in [0.1, 0.15) is 5.69 Å². The second-order valence-electron chi connectivity index (χ2n) is 6.60. The first-order valence-corrected chi connectivity index (χ1v) is 10.0.